The van der Waals surface area contributed by atoms with Gasteiger partial charge in [0.05, 0.1) is 19.9 Å². The van der Waals surface area contributed by atoms with Crippen LogP contribution in [-0.2, 0) is 0 Å². The van der Waals surface area contributed by atoms with Crippen molar-refractivity contribution in [3.8, 4) is 11.5 Å². The standard InChI is InChI=1S/C13H17N5O2/c1-8-7-15-13(18-14)17-12(8)16-10-6-9(19-2)4-5-11(10)20-3/h4-7H,14H2,1-3H3,(H2,15,16,17,18). The summed E-state index contributed by atoms with van der Waals surface area (Å²) in [7, 11) is 3.21. The molecule has 106 valence electrons. The van der Waals surface area contributed by atoms with Gasteiger partial charge in [-0.25, -0.2) is 10.8 Å². The first-order valence-electron chi connectivity index (χ1n) is 5.97. The van der Waals surface area contributed by atoms with E-state index in [1.54, 1.807) is 20.4 Å². The number of nitrogen functional groups attached to an aromatic ring is 1. The van der Waals surface area contributed by atoms with E-state index in [1.165, 1.54) is 0 Å². The lowest BCUT2D eigenvalue weighted by Gasteiger charge is -2.14. The highest BCUT2D eigenvalue weighted by Crippen LogP contribution is 2.31. The van der Waals surface area contributed by atoms with Crippen molar-refractivity contribution in [2.45, 2.75) is 6.92 Å². The van der Waals surface area contributed by atoms with Gasteiger partial charge in [-0.1, -0.05) is 0 Å². The Kier molecular flexibility index (Phi) is 4.21. The van der Waals surface area contributed by atoms with Crippen molar-refractivity contribution in [3.05, 3.63) is 30.0 Å². The third-order valence-corrected chi connectivity index (χ3v) is 2.76. The summed E-state index contributed by atoms with van der Waals surface area (Å²) in [5.74, 6) is 7.69. The third-order valence-electron chi connectivity index (χ3n) is 2.76. The minimum Gasteiger partial charge on any atom is -0.497 e. The van der Waals surface area contributed by atoms with Gasteiger partial charge in [0.15, 0.2) is 0 Å². The average Bonchev–Trinajstić information content (AvgIpc) is 2.49. The monoisotopic (exact) mass is 275 g/mol. The van der Waals surface area contributed by atoms with Gasteiger partial charge in [-0.2, -0.15) is 4.98 Å². The molecule has 0 unspecified atom stereocenters. The van der Waals surface area contributed by atoms with Crippen molar-refractivity contribution >= 4 is 17.5 Å². The highest BCUT2D eigenvalue weighted by atomic mass is 16.5. The van der Waals surface area contributed by atoms with E-state index in [2.05, 4.69) is 20.7 Å². The lowest BCUT2D eigenvalue weighted by atomic mass is 10.2. The van der Waals surface area contributed by atoms with Gasteiger partial charge < -0.3 is 14.8 Å². The second kappa shape index (κ2) is 6.07. The van der Waals surface area contributed by atoms with Crippen LogP contribution in [0.2, 0.25) is 0 Å². The summed E-state index contributed by atoms with van der Waals surface area (Å²) < 4.78 is 10.5. The molecule has 0 aliphatic heterocycles. The predicted octanol–water partition coefficient (Wildman–Crippen LogP) is 1.83. The number of benzene rings is 1. The zero-order valence-corrected chi connectivity index (χ0v) is 11.6. The molecule has 0 amide bonds. The number of ether oxygens (including phenoxy) is 2. The Morgan fingerprint density at radius 2 is 2.00 bits per heavy atom. The first kappa shape index (κ1) is 13.9. The van der Waals surface area contributed by atoms with Gasteiger partial charge in [0.2, 0.25) is 5.95 Å². The topological polar surface area (TPSA) is 94.3 Å². The maximum atomic E-state index is 5.32. The van der Waals surface area contributed by atoms with Crippen LogP contribution in [0.1, 0.15) is 5.56 Å². The van der Waals surface area contributed by atoms with Crippen LogP contribution in [0, 0.1) is 6.92 Å². The Balaban J connectivity index is 2.38. The lowest BCUT2D eigenvalue weighted by Crippen LogP contribution is -2.11. The molecule has 20 heavy (non-hydrogen) atoms. The van der Waals surface area contributed by atoms with Crippen LogP contribution >= 0.6 is 0 Å². The maximum Gasteiger partial charge on any atom is 0.239 e. The number of aromatic nitrogens is 2. The molecule has 0 aliphatic rings. The Morgan fingerprint density at radius 1 is 1.20 bits per heavy atom. The first-order valence-corrected chi connectivity index (χ1v) is 5.97. The summed E-state index contributed by atoms with van der Waals surface area (Å²) in [6.07, 6.45) is 1.68. The molecular formula is C13H17N5O2. The highest BCUT2D eigenvalue weighted by Gasteiger charge is 2.09. The molecular weight excluding hydrogens is 258 g/mol. The molecule has 2 rings (SSSR count). The summed E-state index contributed by atoms with van der Waals surface area (Å²) in [5.41, 5.74) is 4.04. The van der Waals surface area contributed by atoms with Crippen LogP contribution in [0.25, 0.3) is 0 Å². The maximum absolute atomic E-state index is 5.32. The van der Waals surface area contributed by atoms with Crippen LogP contribution in [0.3, 0.4) is 0 Å². The van der Waals surface area contributed by atoms with Crippen molar-refractivity contribution in [2.75, 3.05) is 25.0 Å². The van der Waals surface area contributed by atoms with E-state index >= 15 is 0 Å². The fourth-order valence-corrected chi connectivity index (χ4v) is 1.68. The van der Waals surface area contributed by atoms with E-state index in [0.29, 0.717) is 17.5 Å². The number of methoxy groups -OCH3 is 2. The molecule has 4 N–H and O–H groups in total. The molecule has 7 heteroatoms. The van der Waals surface area contributed by atoms with Crippen molar-refractivity contribution in [2.24, 2.45) is 5.84 Å². The van der Waals surface area contributed by atoms with E-state index in [1.807, 2.05) is 25.1 Å². The van der Waals surface area contributed by atoms with Crippen LogP contribution in [0.4, 0.5) is 17.5 Å². The number of nitrogens with one attached hydrogen (secondary N) is 2. The SMILES string of the molecule is COc1ccc(OC)c(Nc2nc(NN)ncc2C)c1. The van der Waals surface area contributed by atoms with Crippen molar-refractivity contribution < 1.29 is 9.47 Å². The summed E-state index contributed by atoms with van der Waals surface area (Å²) in [6.45, 7) is 1.90. The van der Waals surface area contributed by atoms with Gasteiger partial charge in [-0.3, -0.25) is 5.43 Å². The first-order chi connectivity index (χ1) is 9.67. The average molecular weight is 275 g/mol. The van der Waals surface area contributed by atoms with Crippen LogP contribution in [0.5, 0.6) is 11.5 Å². The highest BCUT2D eigenvalue weighted by molar-refractivity contribution is 5.68. The molecule has 0 radical (unpaired) electrons. The number of anilines is 3. The minimum atomic E-state index is 0.333. The van der Waals surface area contributed by atoms with Crippen LogP contribution < -0.4 is 26.1 Å². The number of hydrazine groups is 1. The van der Waals surface area contributed by atoms with E-state index in [9.17, 15) is 0 Å². The van der Waals surface area contributed by atoms with Gasteiger partial charge in [-0.15, -0.1) is 0 Å². The smallest absolute Gasteiger partial charge is 0.239 e. The number of hydrogen-bond acceptors (Lipinski definition) is 7. The second-order valence-electron chi connectivity index (χ2n) is 4.06. The third kappa shape index (κ3) is 2.89. The van der Waals surface area contributed by atoms with Crippen molar-refractivity contribution in [1.82, 2.24) is 9.97 Å². The van der Waals surface area contributed by atoms with Gasteiger partial charge >= 0.3 is 0 Å². The molecule has 0 bridgehead atoms. The normalized spacial score (nSPS) is 10.0. The number of nitrogens with two attached hydrogens (primary N) is 1. The van der Waals surface area contributed by atoms with Gasteiger partial charge in [-0.05, 0) is 19.1 Å². The zero-order valence-electron chi connectivity index (χ0n) is 11.6. The molecule has 0 spiro atoms. The summed E-state index contributed by atoms with van der Waals surface area (Å²) in [4.78, 5) is 8.29. The van der Waals surface area contributed by atoms with Gasteiger partial charge in [0, 0.05) is 17.8 Å². The van der Waals surface area contributed by atoms with Gasteiger partial charge in [0.25, 0.3) is 0 Å². The molecule has 7 nitrogen and oxygen atoms in total. The number of hydrogen-bond donors (Lipinski definition) is 3. The molecule has 1 aromatic heterocycles. The summed E-state index contributed by atoms with van der Waals surface area (Å²) in [6, 6.07) is 5.47. The van der Waals surface area contributed by atoms with E-state index in [-0.39, 0.29) is 0 Å². The predicted molar refractivity (Wildman–Crippen MR) is 77.4 cm³/mol. The number of rotatable bonds is 5. The molecule has 0 fully saturated rings. The molecule has 2 aromatic rings. The Bertz CT molecular complexity index is 603. The van der Waals surface area contributed by atoms with Crippen LogP contribution in [0.15, 0.2) is 24.4 Å². The largest absolute Gasteiger partial charge is 0.497 e. The molecule has 0 aliphatic carbocycles. The Hall–Kier alpha value is -2.54. The fourth-order valence-electron chi connectivity index (χ4n) is 1.68. The lowest BCUT2D eigenvalue weighted by molar-refractivity contribution is 0.405. The van der Waals surface area contributed by atoms with E-state index in [0.717, 1.165) is 17.0 Å². The van der Waals surface area contributed by atoms with E-state index < -0.39 is 0 Å². The number of nitrogens with zero attached hydrogens (tertiary/aromatic N) is 2. The number of aryl methyl sites for hydroxylation is 1. The molecule has 0 atom stereocenters. The summed E-state index contributed by atoms with van der Waals surface area (Å²) >= 11 is 0. The molecule has 1 heterocycles. The fraction of sp³-hybridized carbons (Fsp3) is 0.231. The minimum absolute atomic E-state index is 0.333. The van der Waals surface area contributed by atoms with Crippen molar-refractivity contribution in [1.29, 1.82) is 0 Å². The second-order valence-corrected chi connectivity index (χ2v) is 4.06. The molecule has 0 saturated carbocycles. The zero-order chi connectivity index (χ0) is 14.5. The van der Waals surface area contributed by atoms with E-state index in [4.69, 9.17) is 15.3 Å². The quantitative estimate of drug-likeness (QED) is 0.566. The Labute approximate surface area is 117 Å². The summed E-state index contributed by atoms with van der Waals surface area (Å²) in [5, 5.41) is 3.19. The molecule has 1 aromatic carbocycles. The van der Waals surface area contributed by atoms with Crippen molar-refractivity contribution in [3.63, 3.8) is 0 Å². The van der Waals surface area contributed by atoms with Crippen LogP contribution in [-0.4, -0.2) is 24.2 Å². The molecule has 0 saturated heterocycles. The Morgan fingerprint density at radius 3 is 2.65 bits per heavy atom. The van der Waals surface area contributed by atoms with Gasteiger partial charge in [0.1, 0.15) is 17.3 Å².